The van der Waals surface area contributed by atoms with Crippen LogP contribution in [0.1, 0.15) is 12.0 Å². The quantitative estimate of drug-likeness (QED) is 0.627. The Morgan fingerprint density at radius 3 is 2.62 bits per heavy atom. The molecule has 0 aromatic heterocycles. The van der Waals surface area contributed by atoms with Crippen LogP contribution >= 0.6 is 0 Å². The van der Waals surface area contributed by atoms with Gasteiger partial charge in [0, 0.05) is 12.3 Å². The van der Waals surface area contributed by atoms with Gasteiger partial charge in [-0.1, -0.05) is 12.1 Å². The van der Waals surface area contributed by atoms with E-state index in [0.29, 0.717) is 18.5 Å². The Morgan fingerprint density at radius 1 is 1.25 bits per heavy atom. The van der Waals surface area contributed by atoms with Crippen LogP contribution in [0.25, 0.3) is 0 Å². The van der Waals surface area contributed by atoms with Crippen molar-refractivity contribution in [3.8, 4) is 0 Å². The molecule has 5 heteroatoms. The summed E-state index contributed by atoms with van der Waals surface area (Å²) in [6.45, 7) is -1.07. The molecule has 0 atom stereocenters. The fraction of sp³-hybridized carbons (Fsp3) is 0.455. The van der Waals surface area contributed by atoms with E-state index in [1.165, 1.54) is 0 Å². The molecule has 1 aromatic rings. The third-order valence-electron chi connectivity index (χ3n) is 1.97. The Labute approximate surface area is 92.2 Å². The number of rotatable bonds is 5. The lowest BCUT2D eigenvalue weighted by molar-refractivity contribution is -0.174. The normalized spacial score (nSPS) is 11.7. The molecule has 0 heterocycles. The highest BCUT2D eigenvalue weighted by Crippen LogP contribution is 2.15. The third kappa shape index (κ3) is 5.60. The Balaban J connectivity index is 2.17. The molecule has 1 rings (SSSR count). The number of halogens is 3. The number of anilines is 1. The van der Waals surface area contributed by atoms with Gasteiger partial charge in [-0.2, -0.15) is 13.2 Å². The topological polar surface area (TPSA) is 35.2 Å². The Hall–Kier alpha value is -1.23. The van der Waals surface area contributed by atoms with Gasteiger partial charge < -0.3 is 10.5 Å². The molecule has 0 radical (unpaired) electrons. The minimum Gasteiger partial charge on any atom is -0.399 e. The molecule has 0 saturated carbocycles. The van der Waals surface area contributed by atoms with Crippen molar-refractivity contribution in [3.63, 3.8) is 0 Å². The molecule has 16 heavy (non-hydrogen) atoms. The average Bonchev–Trinajstić information content (AvgIpc) is 2.15. The van der Waals surface area contributed by atoms with Crippen molar-refractivity contribution in [1.82, 2.24) is 0 Å². The molecule has 2 N–H and O–H groups in total. The molecular weight excluding hydrogens is 219 g/mol. The lowest BCUT2D eigenvalue weighted by Crippen LogP contribution is -2.17. The number of hydrogen-bond donors (Lipinski definition) is 1. The second-order valence-electron chi connectivity index (χ2n) is 3.52. The summed E-state index contributed by atoms with van der Waals surface area (Å²) in [5, 5.41) is 0. The van der Waals surface area contributed by atoms with Crippen molar-refractivity contribution < 1.29 is 17.9 Å². The first kappa shape index (κ1) is 12.8. The first-order valence-electron chi connectivity index (χ1n) is 4.96. The lowest BCUT2D eigenvalue weighted by Gasteiger charge is -2.07. The number of nitrogens with two attached hydrogens (primary N) is 1. The SMILES string of the molecule is Nc1cccc(CCCOCC(F)(F)F)c1. The monoisotopic (exact) mass is 233 g/mol. The fourth-order valence-corrected chi connectivity index (χ4v) is 1.31. The maximum absolute atomic E-state index is 11.7. The molecule has 0 unspecified atom stereocenters. The van der Waals surface area contributed by atoms with Gasteiger partial charge in [-0.3, -0.25) is 0 Å². The number of hydrogen-bond acceptors (Lipinski definition) is 2. The fourth-order valence-electron chi connectivity index (χ4n) is 1.31. The second-order valence-corrected chi connectivity index (χ2v) is 3.52. The molecular formula is C11H14F3NO. The summed E-state index contributed by atoms with van der Waals surface area (Å²) >= 11 is 0. The first-order chi connectivity index (χ1) is 7.47. The molecule has 1 aromatic carbocycles. The van der Waals surface area contributed by atoms with Crippen molar-refractivity contribution in [2.45, 2.75) is 19.0 Å². The zero-order chi connectivity index (χ0) is 12.0. The van der Waals surface area contributed by atoms with E-state index in [-0.39, 0.29) is 6.61 Å². The van der Waals surface area contributed by atoms with Crippen LogP contribution in [-0.4, -0.2) is 19.4 Å². The number of ether oxygens (including phenoxy) is 1. The highest BCUT2D eigenvalue weighted by atomic mass is 19.4. The molecule has 2 nitrogen and oxygen atoms in total. The molecule has 0 aliphatic heterocycles. The second kappa shape index (κ2) is 5.75. The van der Waals surface area contributed by atoms with Gasteiger partial charge in [0.05, 0.1) is 0 Å². The molecule has 0 saturated heterocycles. The summed E-state index contributed by atoms with van der Waals surface area (Å²) in [4.78, 5) is 0. The predicted molar refractivity (Wildman–Crippen MR) is 56.0 cm³/mol. The predicted octanol–water partition coefficient (Wildman–Crippen LogP) is 2.78. The molecule has 0 amide bonds. The summed E-state index contributed by atoms with van der Waals surface area (Å²) in [6, 6.07) is 7.29. The largest absolute Gasteiger partial charge is 0.411 e. The zero-order valence-electron chi connectivity index (χ0n) is 8.76. The Morgan fingerprint density at radius 2 is 2.00 bits per heavy atom. The van der Waals surface area contributed by atoms with Crippen LogP contribution in [0.5, 0.6) is 0 Å². The maximum Gasteiger partial charge on any atom is 0.411 e. The van der Waals surface area contributed by atoms with Crippen LogP contribution in [-0.2, 0) is 11.2 Å². The summed E-state index contributed by atoms with van der Waals surface area (Å²) in [5.41, 5.74) is 7.24. The van der Waals surface area contributed by atoms with Gasteiger partial charge in [0.2, 0.25) is 0 Å². The van der Waals surface area contributed by atoms with E-state index in [1.54, 1.807) is 6.07 Å². The maximum atomic E-state index is 11.7. The standard InChI is InChI=1S/C11H14F3NO/c12-11(13,14)8-16-6-2-4-9-3-1-5-10(15)7-9/h1,3,5,7H,2,4,6,8,15H2. The minimum absolute atomic E-state index is 0.105. The summed E-state index contributed by atoms with van der Waals surface area (Å²) < 4.78 is 39.6. The van der Waals surface area contributed by atoms with Crippen molar-refractivity contribution >= 4 is 5.69 Å². The van der Waals surface area contributed by atoms with Gasteiger partial charge >= 0.3 is 6.18 Å². The Kier molecular flexibility index (Phi) is 4.61. The van der Waals surface area contributed by atoms with Crippen LogP contribution in [0, 0.1) is 0 Å². The number of aryl methyl sites for hydroxylation is 1. The van der Waals surface area contributed by atoms with Gasteiger partial charge in [-0.15, -0.1) is 0 Å². The van der Waals surface area contributed by atoms with Crippen LogP contribution in [0.15, 0.2) is 24.3 Å². The number of nitrogen functional groups attached to an aromatic ring is 1. The molecule has 0 aliphatic rings. The van der Waals surface area contributed by atoms with Gasteiger partial charge in [0.25, 0.3) is 0 Å². The summed E-state index contributed by atoms with van der Waals surface area (Å²) in [5.74, 6) is 0. The molecule has 0 fully saturated rings. The molecule has 0 spiro atoms. The summed E-state index contributed by atoms with van der Waals surface area (Å²) in [6.07, 6.45) is -3.01. The summed E-state index contributed by atoms with van der Waals surface area (Å²) in [7, 11) is 0. The molecule has 0 bridgehead atoms. The van der Waals surface area contributed by atoms with Crippen molar-refractivity contribution in [2.24, 2.45) is 0 Å². The van der Waals surface area contributed by atoms with E-state index >= 15 is 0 Å². The first-order valence-corrected chi connectivity index (χ1v) is 4.96. The van der Waals surface area contributed by atoms with Crippen LogP contribution in [0.4, 0.5) is 18.9 Å². The Bertz CT molecular complexity index is 325. The van der Waals surface area contributed by atoms with Crippen LogP contribution in [0.3, 0.4) is 0 Å². The van der Waals surface area contributed by atoms with E-state index < -0.39 is 12.8 Å². The van der Waals surface area contributed by atoms with E-state index in [0.717, 1.165) is 5.56 Å². The van der Waals surface area contributed by atoms with Gasteiger partial charge in [-0.05, 0) is 30.5 Å². The highest BCUT2D eigenvalue weighted by molar-refractivity contribution is 5.40. The van der Waals surface area contributed by atoms with Crippen LogP contribution in [0.2, 0.25) is 0 Å². The van der Waals surface area contributed by atoms with E-state index in [1.807, 2.05) is 18.2 Å². The van der Waals surface area contributed by atoms with E-state index in [4.69, 9.17) is 5.73 Å². The van der Waals surface area contributed by atoms with E-state index in [2.05, 4.69) is 4.74 Å². The smallest absolute Gasteiger partial charge is 0.399 e. The van der Waals surface area contributed by atoms with Crippen molar-refractivity contribution in [3.05, 3.63) is 29.8 Å². The third-order valence-corrected chi connectivity index (χ3v) is 1.97. The molecule has 90 valence electrons. The lowest BCUT2D eigenvalue weighted by atomic mass is 10.1. The van der Waals surface area contributed by atoms with E-state index in [9.17, 15) is 13.2 Å². The molecule has 0 aliphatic carbocycles. The van der Waals surface area contributed by atoms with Crippen molar-refractivity contribution in [2.75, 3.05) is 18.9 Å². The zero-order valence-corrected chi connectivity index (χ0v) is 8.76. The number of alkyl halides is 3. The van der Waals surface area contributed by atoms with Crippen molar-refractivity contribution in [1.29, 1.82) is 0 Å². The van der Waals surface area contributed by atoms with Gasteiger partial charge in [-0.25, -0.2) is 0 Å². The number of benzene rings is 1. The van der Waals surface area contributed by atoms with Gasteiger partial charge in [0.1, 0.15) is 6.61 Å². The highest BCUT2D eigenvalue weighted by Gasteiger charge is 2.27. The van der Waals surface area contributed by atoms with Gasteiger partial charge in [0.15, 0.2) is 0 Å². The van der Waals surface area contributed by atoms with Crippen LogP contribution < -0.4 is 5.73 Å². The average molecular weight is 233 g/mol. The minimum atomic E-state index is -4.24.